The average molecular weight is 805 g/mol. The molecule has 0 radical (unpaired) electrons. The molecule has 0 saturated carbocycles. The van der Waals surface area contributed by atoms with E-state index in [0.29, 0.717) is 6.42 Å². The number of esters is 4. The monoisotopic (exact) mass is 805 g/mol. The Morgan fingerprint density at radius 3 is 1.26 bits per heavy atom. The van der Waals surface area contributed by atoms with E-state index in [1.807, 2.05) is 20.9 Å². The minimum atomic E-state index is -1.34. The molecule has 2 N–H and O–H groups in total. The van der Waals surface area contributed by atoms with Crippen LogP contribution in [0.25, 0.3) is 0 Å². The van der Waals surface area contributed by atoms with Gasteiger partial charge in [0.1, 0.15) is 6.10 Å². The summed E-state index contributed by atoms with van der Waals surface area (Å²) in [6, 6.07) is 0. The Morgan fingerprint density at radius 1 is 0.526 bits per heavy atom. The van der Waals surface area contributed by atoms with Crippen LogP contribution >= 0.6 is 0 Å². The molecular formula is C45H80N4O8. The van der Waals surface area contributed by atoms with Gasteiger partial charge in [0.25, 0.3) is 0 Å². The van der Waals surface area contributed by atoms with Crippen LogP contribution in [0.5, 0.6) is 0 Å². The van der Waals surface area contributed by atoms with Crippen LogP contribution in [0.1, 0.15) is 149 Å². The first-order valence-corrected chi connectivity index (χ1v) is 21.4. The number of hydrogen-bond acceptors (Lipinski definition) is 12. The van der Waals surface area contributed by atoms with Crippen LogP contribution in [0.4, 0.5) is 0 Å². The molecule has 4 saturated heterocycles. The van der Waals surface area contributed by atoms with Crippen molar-refractivity contribution in [2.45, 2.75) is 200 Å². The molecule has 57 heavy (non-hydrogen) atoms. The summed E-state index contributed by atoms with van der Waals surface area (Å²) in [6.45, 7) is 34.0. The lowest BCUT2D eigenvalue weighted by molar-refractivity contribution is -0.170. The summed E-state index contributed by atoms with van der Waals surface area (Å²) >= 11 is 0. The summed E-state index contributed by atoms with van der Waals surface area (Å²) in [5.74, 6) is -5.37. The lowest BCUT2D eigenvalue weighted by Gasteiger charge is -2.38. The van der Waals surface area contributed by atoms with Crippen LogP contribution in [-0.4, -0.2) is 118 Å². The van der Waals surface area contributed by atoms with E-state index in [4.69, 9.17) is 18.9 Å². The van der Waals surface area contributed by atoms with Crippen molar-refractivity contribution in [1.82, 2.24) is 20.4 Å². The number of carbonyl (C=O) groups is 4. The van der Waals surface area contributed by atoms with Gasteiger partial charge in [0.05, 0.1) is 50.0 Å². The molecule has 0 amide bonds. The van der Waals surface area contributed by atoms with Crippen LogP contribution in [0.3, 0.4) is 0 Å². The van der Waals surface area contributed by atoms with Crippen molar-refractivity contribution in [2.75, 3.05) is 33.9 Å². The lowest BCUT2D eigenvalue weighted by atomic mass is 9.85. The Bertz CT molecular complexity index is 1510. The summed E-state index contributed by atoms with van der Waals surface area (Å²) in [4.78, 5) is 61.3. The maximum absolute atomic E-state index is 14.4. The molecule has 0 aromatic rings. The second kappa shape index (κ2) is 16.0. The van der Waals surface area contributed by atoms with Gasteiger partial charge in [0, 0.05) is 62.9 Å². The summed E-state index contributed by atoms with van der Waals surface area (Å²) < 4.78 is 24.2. The summed E-state index contributed by atoms with van der Waals surface area (Å²) in [5, 5.41) is 7.25. The molecule has 0 bridgehead atoms. The Labute approximate surface area is 344 Å². The van der Waals surface area contributed by atoms with Crippen molar-refractivity contribution in [3.05, 3.63) is 0 Å². The largest absolute Gasteiger partial charge is 0.465 e. The third kappa shape index (κ3) is 10.5. The first-order valence-electron chi connectivity index (χ1n) is 21.4. The Morgan fingerprint density at radius 2 is 0.912 bits per heavy atom. The molecule has 4 rings (SSSR count). The van der Waals surface area contributed by atoms with Gasteiger partial charge in [-0.05, 0) is 144 Å². The molecule has 6 atom stereocenters. The molecular weight excluding hydrogens is 725 g/mol. The van der Waals surface area contributed by atoms with Crippen LogP contribution in [0.2, 0.25) is 0 Å². The standard InChI is InChI=1S/C45H80N4O8/c1-38(2)21-28(42(9,10)46-38)25-55-36(52)31(19-34(50)54-27-30-23-40(5,6)48(17)44(30,13)14)32(37(53)56-26-29-22-39(3,4)47-43(29,11)12)20-35(51)57-33-24-41(7,8)49(18)45(33,15)16/h28-33,46-47H,19-27H2,1-18H3. The third-order valence-electron chi connectivity index (χ3n) is 15.1. The highest BCUT2D eigenvalue weighted by molar-refractivity contribution is 5.88. The molecule has 0 aliphatic carbocycles. The highest BCUT2D eigenvalue weighted by Crippen LogP contribution is 2.45. The quantitative estimate of drug-likeness (QED) is 0.151. The highest BCUT2D eigenvalue weighted by atomic mass is 16.6. The van der Waals surface area contributed by atoms with Crippen LogP contribution < -0.4 is 10.6 Å². The number of likely N-dealkylation sites (tertiary alicyclic amines) is 2. The number of rotatable bonds is 14. The van der Waals surface area contributed by atoms with Gasteiger partial charge in [0.15, 0.2) is 0 Å². The summed E-state index contributed by atoms with van der Waals surface area (Å²) in [6.07, 6.45) is 1.61. The van der Waals surface area contributed by atoms with Crippen molar-refractivity contribution in [3.8, 4) is 0 Å². The van der Waals surface area contributed by atoms with Crippen LogP contribution in [0, 0.1) is 29.6 Å². The lowest BCUT2D eigenvalue weighted by Crippen LogP contribution is -2.49. The third-order valence-corrected chi connectivity index (χ3v) is 15.1. The van der Waals surface area contributed by atoms with E-state index in [-0.39, 0.29) is 76.3 Å². The second-order valence-corrected chi connectivity index (χ2v) is 23.0. The molecule has 0 aromatic heterocycles. The predicted octanol–water partition coefficient (Wildman–Crippen LogP) is 6.28. The zero-order valence-corrected chi connectivity index (χ0v) is 39.0. The van der Waals surface area contributed by atoms with E-state index in [1.165, 1.54) is 0 Å². The van der Waals surface area contributed by atoms with Gasteiger partial charge in [-0.15, -0.1) is 0 Å². The smallest absolute Gasteiger partial charge is 0.310 e. The molecule has 4 fully saturated rings. The molecule has 0 aromatic carbocycles. The predicted molar refractivity (Wildman–Crippen MR) is 222 cm³/mol. The van der Waals surface area contributed by atoms with Crippen molar-refractivity contribution in [1.29, 1.82) is 0 Å². The number of hydrogen-bond donors (Lipinski definition) is 2. The Hall–Kier alpha value is -2.28. The van der Waals surface area contributed by atoms with Gasteiger partial charge in [-0.2, -0.15) is 0 Å². The van der Waals surface area contributed by atoms with Crippen molar-refractivity contribution in [2.24, 2.45) is 29.6 Å². The maximum atomic E-state index is 14.4. The molecule has 0 spiro atoms. The van der Waals surface area contributed by atoms with Crippen LogP contribution in [0.15, 0.2) is 0 Å². The normalized spacial score (nSPS) is 31.3. The fraction of sp³-hybridized carbons (Fsp3) is 0.911. The Balaban J connectivity index is 1.63. The van der Waals surface area contributed by atoms with Gasteiger partial charge in [-0.1, -0.05) is 0 Å². The van der Waals surface area contributed by atoms with Gasteiger partial charge >= 0.3 is 23.9 Å². The molecule has 6 unspecified atom stereocenters. The van der Waals surface area contributed by atoms with E-state index < -0.39 is 60.2 Å². The van der Waals surface area contributed by atoms with E-state index in [0.717, 1.165) is 19.3 Å². The van der Waals surface area contributed by atoms with Gasteiger partial charge in [-0.25, -0.2) is 0 Å². The number of nitrogens with one attached hydrogen (secondary N) is 2. The van der Waals surface area contributed by atoms with Gasteiger partial charge in [-0.3, -0.25) is 29.0 Å². The number of ether oxygens (including phenoxy) is 4. The van der Waals surface area contributed by atoms with Crippen molar-refractivity contribution < 1.29 is 38.1 Å². The fourth-order valence-corrected chi connectivity index (χ4v) is 10.8. The minimum absolute atomic E-state index is 0.0187. The van der Waals surface area contributed by atoms with E-state index in [2.05, 4.69) is 124 Å². The van der Waals surface area contributed by atoms with Crippen LogP contribution in [-0.2, 0) is 38.1 Å². The minimum Gasteiger partial charge on any atom is -0.465 e. The average Bonchev–Trinajstić information content (AvgIpc) is 3.53. The summed E-state index contributed by atoms with van der Waals surface area (Å²) in [7, 11) is 4.10. The number of likely N-dealkylation sites (N-methyl/N-ethyl adjacent to an activating group) is 1. The summed E-state index contributed by atoms with van der Waals surface area (Å²) in [5.41, 5.74) is -1.99. The first-order chi connectivity index (χ1) is 25.6. The van der Waals surface area contributed by atoms with Crippen molar-refractivity contribution >= 4 is 23.9 Å². The second-order valence-electron chi connectivity index (χ2n) is 23.0. The zero-order valence-electron chi connectivity index (χ0n) is 39.0. The molecule has 12 heteroatoms. The fourth-order valence-electron chi connectivity index (χ4n) is 10.8. The Kier molecular flexibility index (Phi) is 13.3. The SMILES string of the molecule is CN1C(C)(C)CC(COC(=O)CC(C(=O)OCC2CC(C)(C)NC2(C)C)C(CC(=O)OC2CC(C)(C)N(C)C2(C)C)C(=O)OCC2CC(C)(C)NC2(C)C)C1(C)C. The zero-order chi connectivity index (χ0) is 43.5. The molecule has 4 heterocycles. The topological polar surface area (TPSA) is 136 Å². The molecule has 4 aliphatic rings. The number of nitrogens with zero attached hydrogens (tertiary/aromatic N) is 2. The van der Waals surface area contributed by atoms with E-state index in [1.54, 1.807) is 0 Å². The highest BCUT2D eigenvalue weighted by Gasteiger charge is 2.53. The molecule has 12 nitrogen and oxygen atoms in total. The number of carbonyl (C=O) groups excluding carboxylic acids is 4. The first kappa shape index (κ1) is 47.4. The maximum Gasteiger partial charge on any atom is 0.310 e. The van der Waals surface area contributed by atoms with Crippen molar-refractivity contribution in [3.63, 3.8) is 0 Å². The van der Waals surface area contributed by atoms with Gasteiger partial charge in [0.2, 0.25) is 0 Å². The van der Waals surface area contributed by atoms with E-state index >= 15 is 0 Å². The van der Waals surface area contributed by atoms with E-state index in [9.17, 15) is 19.2 Å². The molecule has 4 aliphatic heterocycles. The van der Waals surface area contributed by atoms with Gasteiger partial charge < -0.3 is 29.6 Å². The molecule has 328 valence electrons.